The number of nitro groups is 1. The summed E-state index contributed by atoms with van der Waals surface area (Å²) >= 11 is 22.7. The van der Waals surface area contributed by atoms with E-state index in [0.717, 1.165) is 59.3 Å². The van der Waals surface area contributed by atoms with E-state index in [2.05, 4.69) is 13.0 Å². The van der Waals surface area contributed by atoms with Gasteiger partial charge in [-0.05, 0) is 74.7 Å². The van der Waals surface area contributed by atoms with Crippen molar-refractivity contribution in [3.8, 4) is 17.2 Å². The van der Waals surface area contributed by atoms with Gasteiger partial charge in [0, 0.05) is 19.2 Å². The number of benzene rings is 4. The third kappa shape index (κ3) is 12.8. The summed E-state index contributed by atoms with van der Waals surface area (Å²) in [4.78, 5) is 47.3. The number of para-hydroxylation sites is 3. The van der Waals surface area contributed by atoms with Crippen molar-refractivity contribution in [3.63, 3.8) is 0 Å². The van der Waals surface area contributed by atoms with E-state index in [1.54, 1.807) is 16.9 Å². The summed E-state index contributed by atoms with van der Waals surface area (Å²) in [5.74, 6) is -1.57. The zero-order valence-electron chi connectivity index (χ0n) is 32.3. The molecule has 0 aromatic heterocycles. The van der Waals surface area contributed by atoms with Crippen LogP contribution in [0.2, 0.25) is 5.02 Å². The van der Waals surface area contributed by atoms with E-state index in [1.807, 2.05) is 57.2 Å². The van der Waals surface area contributed by atoms with Crippen molar-refractivity contribution < 1.29 is 51.8 Å². The number of nitro benzene ring substituents is 1. The molecule has 0 fully saturated rings. The standard InChI is InChI=1S/C15H22ClNO2.C14H7ClF3NO5.C11H11Cl2NO2/c1-5-13-8-6-7-11(2)15(13)17(14(18)9-16)12(3)10-19-4;15-10-5-7(14(16,17)18)1-4-12(10)24-8-2-3-11(19(22)23)9(6-8)13(20)21;1-7-6-16-9-5-3-2-4-8(9)14(7)11(15)10(12)13/h6-8,12H,5,9-10H2,1-4H3;1-6H,(H,20,21);2-5,7,10H,6H2,1H3. The number of ether oxygens (including phenoxy) is 3. The highest BCUT2D eigenvalue weighted by atomic mass is 35.5. The second kappa shape index (κ2) is 22.0. The first-order valence-electron chi connectivity index (χ1n) is 17.6. The highest BCUT2D eigenvalue weighted by molar-refractivity contribution is 6.54. The molecular weight excluding hydrogens is 865 g/mol. The van der Waals surface area contributed by atoms with Gasteiger partial charge >= 0.3 is 12.1 Å². The predicted octanol–water partition coefficient (Wildman–Crippen LogP) is 10.5. The van der Waals surface area contributed by atoms with Crippen LogP contribution in [0.15, 0.2) is 78.9 Å². The number of carbonyl (C=O) groups is 3. The predicted molar refractivity (Wildman–Crippen MR) is 221 cm³/mol. The summed E-state index contributed by atoms with van der Waals surface area (Å²) in [5.41, 5.74) is 1.68. The molecule has 2 amide bonds. The van der Waals surface area contributed by atoms with Gasteiger partial charge in [-0.15, -0.1) is 11.6 Å². The molecule has 1 aliphatic heterocycles. The summed E-state index contributed by atoms with van der Waals surface area (Å²) in [7, 11) is 1.64. The van der Waals surface area contributed by atoms with Crippen molar-refractivity contribution in [1.82, 2.24) is 0 Å². The number of alkyl halides is 6. The zero-order chi connectivity index (χ0) is 44.2. The van der Waals surface area contributed by atoms with Crippen LogP contribution in [-0.2, 0) is 26.9 Å². The minimum absolute atomic E-state index is 0.0223. The molecule has 2 atom stereocenters. The third-order valence-corrected chi connectivity index (χ3v) is 9.42. The Morgan fingerprint density at radius 1 is 1.07 bits per heavy atom. The van der Waals surface area contributed by atoms with Crippen LogP contribution in [-0.4, -0.2) is 70.9 Å². The molecule has 318 valence electrons. The number of amides is 2. The maximum absolute atomic E-state index is 12.6. The number of anilines is 2. The highest BCUT2D eigenvalue weighted by Gasteiger charge is 2.33. The van der Waals surface area contributed by atoms with Crippen LogP contribution in [0, 0.1) is 17.0 Å². The normalized spacial score (nSPS) is 13.7. The van der Waals surface area contributed by atoms with Gasteiger partial charge in [-0.1, -0.05) is 72.1 Å². The van der Waals surface area contributed by atoms with Gasteiger partial charge in [0.1, 0.15) is 35.3 Å². The first-order valence-corrected chi connectivity index (χ1v) is 19.4. The fourth-order valence-electron chi connectivity index (χ4n) is 5.86. The molecule has 1 aliphatic rings. The van der Waals surface area contributed by atoms with Gasteiger partial charge in [0.25, 0.3) is 11.6 Å². The molecule has 12 nitrogen and oxygen atoms in total. The van der Waals surface area contributed by atoms with Crippen LogP contribution >= 0.6 is 46.4 Å². The quantitative estimate of drug-likeness (QED) is 0.0882. The Hall–Kier alpha value is -4.80. The van der Waals surface area contributed by atoms with Crippen LogP contribution < -0.4 is 19.3 Å². The number of methoxy groups -OCH3 is 1. The number of rotatable bonds is 11. The van der Waals surface area contributed by atoms with Crippen LogP contribution in [0.5, 0.6) is 17.2 Å². The second-order valence-corrected chi connectivity index (χ2v) is 14.5. The SMILES string of the molecule is CC1COc2ccccc2N1C(=O)C(Cl)Cl.CCc1cccc(C)c1N(C(=O)CCl)C(C)COC.O=C(O)c1cc(Oc2ccc(C(F)(F)F)cc2Cl)ccc1[N+](=O)[O-]. The fourth-order valence-corrected chi connectivity index (χ4v) is 6.42. The topological polar surface area (TPSA) is 149 Å². The Balaban J connectivity index is 0.000000242. The minimum atomic E-state index is -4.58. The maximum Gasteiger partial charge on any atom is 0.416 e. The van der Waals surface area contributed by atoms with Crippen LogP contribution in [0.4, 0.5) is 30.2 Å². The molecule has 0 saturated heterocycles. The lowest BCUT2D eigenvalue weighted by molar-refractivity contribution is -0.385. The van der Waals surface area contributed by atoms with Gasteiger partial charge in [0.05, 0.1) is 45.6 Å². The van der Waals surface area contributed by atoms with E-state index < -0.39 is 38.7 Å². The lowest BCUT2D eigenvalue weighted by atomic mass is 10.0. The van der Waals surface area contributed by atoms with Crippen LogP contribution in [0.25, 0.3) is 0 Å². The second-order valence-electron chi connectivity index (χ2n) is 12.8. The van der Waals surface area contributed by atoms with Crippen molar-refractivity contribution in [3.05, 3.63) is 116 Å². The molecule has 2 unspecified atom stereocenters. The fraction of sp³-hybridized carbons (Fsp3) is 0.325. The Morgan fingerprint density at radius 3 is 2.31 bits per heavy atom. The number of aromatic carboxylic acids is 1. The number of carbonyl (C=O) groups excluding carboxylic acids is 2. The molecule has 4 aromatic rings. The van der Waals surface area contributed by atoms with Crippen LogP contribution in [0.1, 0.15) is 47.8 Å². The molecule has 0 saturated carbocycles. The number of fused-ring (bicyclic) bond motifs is 1. The summed E-state index contributed by atoms with van der Waals surface area (Å²) in [6.07, 6.45) is -3.70. The largest absolute Gasteiger partial charge is 0.489 e. The summed E-state index contributed by atoms with van der Waals surface area (Å²) in [6, 6.07) is 18.6. The third-order valence-electron chi connectivity index (χ3n) is 8.53. The molecule has 59 heavy (non-hydrogen) atoms. The molecule has 1 N–H and O–H groups in total. The van der Waals surface area contributed by atoms with E-state index in [-0.39, 0.29) is 46.3 Å². The minimum Gasteiger partial charge on any atom is -0.489 e. The first-order chi connectivity index (χ1) is 27.8. The molecule has 19 heteroatoms. The van der Waals surface area contributed by atoms with Crippen molar-refractivity contribution in [2.75, 3.05) is 36.0 Å². The molecule has 5 rings (SSSR count). The van der Waals surface area contributed by atoms with Gasteiger partial charge in [-0.3, -0.25) is 19.7 Å². The Bertz CT molecular complexity index is 2120. The van der Waals surface area contributed by atoms with Crippen molar-refractivity contribution >= 4 is 81.2 Å². The zero-order valence-corrected chi connectivity index (χ0v) is 35.3. The van der Waals surface area contributed by atoms with Gasteiger partial charge in [0.15, 0.2) is 4.84 Å². The van der Waals surface area contributed by atoms with Crippen molar-refractivity contribution in [1.29, 1.82) is 0 Å². The molecule has 0 aliphatic carbocycles. The summed E-state index contributed by atoms with van der Waals surface area (Å²) < 4.78 is 53.6. The monoisotopic (exact) mass is 903 g/mol. The molecule has 0 radical (unpaired) electrons. The average Bonchev–Trinajstić information content (AvgIpc) is 3.19. The van der Waals surface area contributed by atoms with Crippen LogP contribution in [0.3, 0.4) is 0 Å². The number of hydrogen-bond acceptors (Lipinski definition) is 8. The molecule has 0 bridgehead atoms. The molecule has 0 spiro atoms. The Labute approximate surface area is 358 Å². The Morgan fingerprint density at radius 2 is 1.75 bits per heavy atom. The lowest BCUT2D eigenvalue weighted by Crippen LogP contribution is -2.47. The van der Waals surface area contributed by atoms with Gasteiger partial charge < -0.3 is 29.1 Å². The lowest BCUT2D eigenvalue weighted by Gasteiger charge is -2.35. The van der Waals surface area contributed by atoms with Gasteiger partial charge in [-0.2, -0.15) is 13.2 Å². The maximum atomic E-state index is 12.6. The van der Waals surface area contributed by atoms with E-state index >= 15 is 0 Å². The van der Waals surface area contributed by atoms with Gasteiger partial charge in [0.2, 0.25) is 5.91 Å². The van der Waals surface area contributed by atoms with E-state index in [9.17, 15) is 37.7 Å². The molecular formula is C40H40Cl4F3N3O9. The van der Waals surface area contributed by atoms with Crippen molar-refractivity contribution in [2.24, 2.45) is 0 Å². The molecule has 1 heterocycles. The first kappa shape index (κ1) is 48.6. The molecule has 4 aromatic carbocycles. The summed E-state index contributed by atoms with van der Waals surface area (Å²) in [5, 5.41) is 19.4. The number of nitrogens with zero attached hydrogens (tertiary/aromatic N) is 3. The number of aryl methyl sites for hydroxylation is 2. The Kier molecular flexibility index (Phi) is 18.1. The number of hydrogen-bond donors (Lipinski definition) is 1. The number of carboxylic acids is 1. The van der Waals surface area contributed by atoms with E-state index in [4.69, 9.17) is 65.7 Å². The highest BCUT2D eigenvalue weighted by Crippen LogP contribution is 2.38. The van der Waals surface area contributed by atoms with E-state index in [1.165, 1.54) is 0 Å². The summed E-state index contributed by atoms with van der Waals surface area (Å²) in [6.45, 7) is 8.90. The number of halogens is 7. The average molecular weight is 906 g/mol. The number of carboxylic acid groups (broad SMARTS) is 1. The smallest absolute Gasteiger partial charge is 0.416 e. The van der Waals surface area contributed by atoms with E-state index in [0.29, 0.717) is 25.0 Å². The van der Waals surface area contributed by atoms with Gasteiger partial charge in [-0.25, -0.2) is 4.79 Å². The van der Waals surface area contributed by atoms with Crippen molar-refractivity contribution in [2.45, 2.75) is 57.2 Å².